The smallest absolute Gasteiger partial charge is 0.411 e. The molecule has 6 rings (SSSR count). The average molecular weight is 1150 g/mol. The van der Waals surface area contributed by atoms with Gasteiger partial charge in [-0.15, -0.1) is 0 Å². The van der Waals surface area contributed by atoms with Crippen LogP contribution in [0, 0.1) is 11.8 Å². The van der Waals surface area contributed by atoms with E-state index in [1.54, 1.807) is 64.1 Å². The Kier molecular flexibility index (Phi) is 27.3. The number of aliphatic hydroxyl groups is 1. The third-order valence-corrected chi connectivity index (χ3v) is 13.6. The molecule has 6 atom stereocenters. The van der Waals surface area contributed by atoms with Crippen LogP contribution in [0.5, 0.6) is 0 Å². The van der Waals surface area contributed by atoms with E-state index in [0.29, 0.717) is 74.8 Å². The average Bonchev–Trinajstić information content (AvgIpc) is 3.34. The largest absolute Gasteiger partial charge is 0.466 e. The maximum Gasteiger partial charge on any atom is 0.411 e. The lowest BCUT2D eigenvalue weighted by molar-refractivity contribution is -0.151. The number of hydrogen-bond acceptors (Lipinski definition) is 12. The highest BCUT2D eigenvalue weighted by atomic mass is 35.5. The number of alkyl halides is 2. The number of ether oxygens (including phenoxy) is 5. The fourth-order valence-electron chi connectivity index (χ4n) is 8.00. The lowest BCUT2D eigenvalue weighted by Crippen LogP contribution is -2.46. The Morgan fingerprint density at radius 1 is 0.634 bits per heavy atom. The van der Waals surface area contributed by atoms with Crippen LogP contribution in [0.25, 0.3) is 5.57 Å². The summed E-state index contributed by atoms with van der Waals surface area (Å²) in [5, 5.41) is 13.0. The number of nitrogens with one attached hydrogen (secondary N) is 1. The predicted octanol–water partition coefficient (Wildman–Crippen LogP) is 12.3. The van der Waals surface area contributed by atoms with E-state index in [2.05, 4.69) is 5.32 Å². The Hall–Kier alpha value is -3.41. The third kappa shape index (κ3) is 18.8. The summed E-state index contributed by atoms with van der Waals surface area (Å²) >= 11 is 47.5. The van der Waals surface area contributed by atoms with Crippen LogP contribution in [0.4, 0.5) is 9.59 Å². The van der Waals surface area contributed by atoms with Gasteiger partial charge in [-0.05, 0) is 125 Å². The molecule has 0 aromatic heterocycles. The fraction of sp³-hybridized carbons (Fsp3) is 0.490. The second kappa shape index (κ2) is 31.4. The Bertz CT molecular complexity index is 2300. The molecular weight excluding hydrogens is 1090 g/mol. The molecule has 392 valence electrons. The summed E-state index contributed by atoms with van der Waals surface area (Å²) in [6.45, 7) is 12.0. The molecule has 6 unspecified atom stereocenters. The molecule has 3 aromatic rings. The van der Waals surface area contributed by atoms with Crippen LogP contribution in [-0.4, -0.2) is 122 Å². The molecule has 3 aromatic carbocycles. The van der Waals surface area contributed by atoms with E-state index in [4.69, 9.17) is 122 Å². The number of carbonyl (C=O) groups is 5. The van der Waals surface area contributed by atoms with Crippen molar-refractivity contribution in [3.63, 3.8) is 0 Å². The molecule has 0 radical (unpaired) electrons. The maximum absolute atomic E-state index is 12.4. The lowest BCUT2D eigenvalue weighted by atomic mass is 9.80. The van der Waals surface area contributed by atoms with Gasteiger partial charge in [-0.2, -0.15) is 0 Å². The first-order valence-corrected chi connectivity index (χ1v) is 25.9. The molecule has 2 saturated heterocycles. The van der Waals surface area contributed by atoms with Crippen LogP contribution in [0.2, 0.25) is 30.1 Å². The maximum atomic E-state index is 12.4. The van der Waals surface area contributed by atoms with Crippen LogP contribution < -0.4 is 5.32 Å². The summed E-state index contributed by atoms with van der Waals surface area (Å²) in [7, 11) is 1.00. The molecule has 0 aliphatic carbocycles. The molecule has 2 N–H and O–H groups in total. The second-order valence-electron chi connectivity index (χ2n) is 15.8. The van der Waals surface area contributed by atoms with E-state index in [-0.39, 0.29) is 56.0 Å². The van der Waals surface area contributed by atoms with Gasteiger partial charge in [0, 0.05) is 39.2 Å². The minimum Gasteiger partial charge on any atom is -0.466 e. The minimum absolute atomic E-state index is 0.0802. The van der Waals surface area contributed by atoms with E-state index >= 15 is 0 Å². The molecule has 0 bridgehead atoms. The van der Waals surface area contributed by atoms with Gasteiger partial charge >= 0.3 is 30.1 Å². The van der Waals surface area contributed by atoms with Gasteiger partial charge in [0.1, 0.15) is 0 Å². The first-order chi connectivity index (χ1) is 33.8. The van der Waals surface area contributed by atoms with Gasteiger partial charge in [0.2, 0.25) is 0 Å². The van der Waals surface area contributed by atoms with Crippen LogP contribution in [0.3, 0.4) is 0 Å². The zero-order valence-electron chi connectivity index (χ0n) is 40.1. The Morgan fingerprint density at radius 3 is 1.61 bits per heavy atom. The summed E-state index contributed by atoms with van der Waals surface area (Å²) in [6.07, 6.45) is 0.814. The van der Waals surface area contributed by atoms with Crippen molar-refractivity contribution in [1.82, 2.24) is 15.1 Å². The van der Waals surface area contributed by atoms with Crippen molar-refractivity contribution in [2.75, 3.05) is 66.2 Å². The van der Waals surface area contributed by atoms with Crippen LogP contribution in [0.15, 0.2) is 60.2 Å². The van der Waals surface area contributed by atoms with E-state index in [0.717, 1.165) is 42.3 Å². The highest BCUT2D eigenvalue weighted by molar-refractivity contribution is 6.43. The van der Waals surface area contributed by atoms with Gasteiger partial charge < -0.3 is 43.9 Å². The molecule has 3 aliphatic rings. The quantitative estimate of drug-likeness (QED) is 0.106. The van der Waals surface area contributed by atoms with Gasteiger partial charge in [0.15, 0.2) is 11.1 Å². The molecule has 14 nitrogen and oxygen atoms in total. The van der Waals surface area contributed by atoms with E-state index in [9.17, 15) is 24.0 Å². The zero-order valence-corrected chi connectivity index (χ0v) is 46.1. The number of aliphatic hydroxyl groups excluding tert-OH is 1. The zero-order chi connectivity index (χ0) is 52.9. The number of nitrogens with zero attached hydrogens (tertiary/aromatic N) is 2. The Morgan fingerprint density at radius 2 is 1.11 bits per heavy atom. The molecule has 0 spiro atoms. The number of carbonyl (C=O) groups excluding carboxylic acids is 5. The Labute approximate surface area is 455 Å². The molecule has 2 fully saturated rings. The number of halogens is 8. The predicted molar refractivity (Wildman–Crippen MR) is 280 cm³/mol. The normalized spacial score (nSPS) is 19.4. The van der Waals surface area contributed by atoms with Gasteiger partial charge in [-0.25, -0.2) is 14.4 Å². The van der Waals surface area contributed by atoms with Crippen molar-refractivity contribution < 1.29 is 52.8 Å². The van der Waals surface area contributed by atoms with Gasteiger partial charge in [-0.3, -0.25) is 9.59 Å². The number of piperidine rings is 2. The van der Waals surface area contributed by atoms with Gasteiger partial charge in [-0.1, -0.05) is 111 Å². The van der Waals surface area contributed by atoms with Crippen molar-refractivity contribution in [1.29, 1.82) is 0 Å². The summed E-state index contributed by atoms with van der Waals surface area (Å²) < 4.78 is 25.5. The summed E-state index contributed by atoms with van der Waals surface area (Å²) in [5.41, 5.74) is 2.40. The number of amides is 2. The topological polar surface area (TPSA) is 170 Å². The molecule has 2 amide bonds. The number of hydrogen-bond donors (Lipinski definition) is 2. The van der Waals surface area contributed by atoms with Crippen molar-refractivity contribution in [3.8, 4) is 0 Å². The molecule has 0 saturated carbocycles. The lowest BCUT2D eigenvalue weighted by Gasteiger charge is -2.37. The number of esters is 3. The van der Waals surface area contributed by atoms with E-state index < -0.39 is 35.2 Å². The summed E-state index contributed by atoms with van der Waals surface area (Å²) in [6, 6.07) is 16.1. The minimum atomic E-state index is -0.751. The van der Waals surface area contributed by atoms with Crippen LogP contribution >= 0.6 is 92.8 Å². The monoisotopic (exact) mass is 1150 g/mol. The standard InChI is InChI=1S/C17H20Cl3NO4.C17H18Cl3NO4.C14H17Cl2NO2.CH4O/c2*1-3-24-16(22)13-9-21(17(23)25-10(2)18)7-6-12(13)11-4-5-14(19)15(20)8-11;1-2-19-14(18)11-8-17-6-5-10(11)9-3-4-12(15)13(16)7-9;1-2/h4-5,8,10,12-13H,3,6-7,9H2,1-2H3;4-5,8,10H,3,6-7,9H2,1-2H3;3-4,7,10-11,17H,2,5-6,8H2,1H3;2H,1H3. The third-order valence-electron chi connectivity index (χ3n) is 11.2. The SMILES string of the molecule is CCOC(=O)C1=C(c2ccc(Cl)c(Cl)c2)CCN(C(=O)OC(C)Cl)C1.CCOC(=O)C1CN(C(=O)OC(C)Cl)CCC1c1ccc(Cl)c(Cl)c1.CCOC(=O)C1CNCCC1c1ccc(Cl)c(Cl)c1.CO. The second-order valence-corrected chi connectivity index (χ2v) is 19.5. The highest BCUT2D eigenvalue weighted by Gasteiger charge is 2.39. The van der Waals surface area contributed by atoms with Gasteiger partial charge in [0.25, 0.3) is 0 Å². The van der Waals surface area contributed by atoms with Crippen molar-refractivity contribution in [3.05, 3.63) is 107 Å². The first-order valence-electron chi connectivity index (χ1n) is 22.7. The van der Waals surface area contributed by atoms with E-state index in [1.165, 1.54) is 9.80 Å². The molecular formula is C49H59Cl8N3O11. The fourth-order valence-corrected chi connectivity index (χ4v) is 9.06. The summed E-state index contributed by atoms with van der Waals surface area (Å²) in [5.74, 6) is -1.63. The number of benzene rings is 3. The van der Waals surface area contributed by atoms with E-state index in [1.807, 2.05) is 25.1 Å². The first kappa shape index (κ1) is 61.9. The molecule has 3 aliphatic heterocycles. The number of likely N-dealkylation sites (tertiary alicyclic amines) is 1. The van der Waals surface area contributed by atoms with Gasteiger partial charge in [0.05, 0.1) is 73.9 Å². The van der Waals surface area contributed by atoms with Crippen molar-refractivity contribution in [2.24, 2.45) is 11.8 Å². The summed E-state index contributed by atoms with van der Waals surface area (Å²) in [4.78, 5) is 63.9. The molecule has 22 heteroatoms. The van der Waals surface area contributed by atoms with Crippen LogP contribution in [-0.2, 0) is 38.1 Å². The molecule has 71 heavy (non-hydrogen) atoms. The number of rotatable bonds is 11. The van der Waals surface area contributed by atoms with Crippen molar-refractivity contribution in [2.45, 2.75) is 76.8 Å². The van der Waals surface area contributed by atoms with Crippen LogP contribution in [0.1, 0.15) is 82.4 Å². The molecule has 3 heterocycles. The Balaban J connectivity index is 0.000000279. The van der Waals surface area contributed by atoms with Crippen molar-refractivity contribution >= 4 is 128 Å². The highest BCUT2D eigenvalue weighted by Crippen LogP contribution is 2.38.